The predicted octanol–water partition coefficient (Wildman–Crippen LogP) is 5.14. The Morgan fingerprint density at radius 3 is 2.30 bits per heavy atom. The number of benzene rings is 3. The smallest absolute Gasteiger partial charge is 0.285 e. The van der Waals surface area contributed by atoms with Crippen LogP contribution >= 0.6 is 23.2 Å². The van der Waals surface area contributed by atoms with Crippen LogP contribution in [0.5, 0.6) is 0 Å². The number of rotatable bonds is 8. The average molecular weight is 599 g/mol. The van der Waals surface area contributed by atoms with E-state index in [1.165, 1.54) is 24.3 Å². The van der Waals surface area contributed by atoms with Gasteiger partial charge in [0.15, 0.2) is 0 Å². The second-order valence-corrected chi connectivity index (χ2v) is 12.1. The molecule has 0 bridgehead atoms. The Balaban J connectivity index is 1.46. The van der Waals surface area contributed by atoms with Crippen LogP contribution in [-0.4, -0.2) is 62.1 Å². The van der Waals surface area contributed by atoms with E-state index in [0.717, 1.165) is 29.8 Å². The third-order valence-corrected chi connectivity index (χ3v) is 8.66. The summed E-state index contributed by atoms with van der Waals surface area (Å²) < 4.78 is 30.8. The molecule has 0 spiro atoms. The molecule has 3 aromatic carbocycles. The number of carbonyl (C=O) groups is 1. The summed E-state index contributed by atoms with van der Waals surface area (Å²) in [4.78, 5) is 13.9. The fraction of sp³-hybridized carbons (Fsp3) is 0.276. The lowest BCUT2D eigenvalue weighted by Gasteiger charge is -2.20. The van der Waals surface area contributed by atoms with E-state index in [4.69, 9.17) is 28.3 Å². The van der Waals surface area contributed by atoms with Crippen LogP contribution in [-0.2, 0) is 14.8 Å². The molecule has 3 aromatic rings. The lowest BCUT2D eigenvalue weighted by Crippen LogP contribution is -2.40. The fourth-order valence-corrected chi connectivity index (χ4v) is 6.04. The molecule has 1 atom stereocenters. The van der Waals surface area contributed by atoms with E-state index in [1.54, 1.807) is 5.01 Å². The standard InChI is InChI=1S/C29H29Cl2N5O3S/c30-23-11-9-22(10-12-23)28-26(21-6-2-1-3-7-21)20-36(33-28)29(32-17-5-19-35-18-4-8-27(35)37)34-40(38,39)25-15-13-24(31)14-16-25/h1-3,6-7,9-16,26H,4-5,8,17-20H2,(H,32,34). The van der Waals surface area contributed by atoms with Crippen LogP contribution in [0.15, 0.2) is 93.3 Å². The fourth-order valence-electron chi connectivity index (χ4n) is 4.82. The second-order valence-electron chi connectivity index (χ2n) is 9.65. The van der Waals surface area contributed by atoms with Gasteiger partial charge in [0.05, 0.1) is 17.2 Å². The minimum atomic E-state index is -4.07. The molecule has 0 saturated carbocycles. The highest BCUT2D eigenvalue weighted by Crippen LogP contribution is 2.30. The van der Waals surface area contributed by atoms with E-state index in [-0.39, 0.29) is 22.7 Å². The van der Waals surface area contributed by atoms with Crippen molar-refractivity contribution in [3.8, 4) is 0 Å². The zero-order valence-electron chi connectivity index (χ0n) is 21.7. The van der Waals surface area contributed by atoms with Crippen molar-refractivity contribution < 1.29 is 13.2 Å². The van der Waals surface area contributed by atoms with Gasteiger partial charge in [-0.05, 0) is 60.4 Å². The van der Waals surface area contributed by atoms with Crippen molar-refractivity contribution in [2.75, 3.05) is 26.2 Å². The number of guanidine groups is 1. The van der Waals surface area contributed by atoms with Crippen LogP contribution in [0.2, 0.25) is 10.0 Å². The number of nitrogens with one attached hydrogen (secondary N) is 1. The predicted molar refractivity (Wildman–Crippen MR) is 158 cm³/mol. The van der Waals surface area contributed by atoms with Gasteiger partial charge in [0, 0.05) is 42.0 Å². The molecule has 1 saturated heterocycles. The molecule has 1 unspecified atom stereocenters. The van der Waals surface area contributed by atoms with E-state index in [2.05, 4.69) is 9.71 Å². The van der Waals surface area contributed by atoms with Gasteiger partial charge in [0.1, 0.15) is 0 Å². The number of hydrogen-bond acceptors (Lipinski definition) is 4. The number of likely N-dealkylation sites (tertiary alicyclic amines) is 1. The minimum Gasteiger partial charge on any atom is -0.354 e. The molecule has 1 fully saturated rings. The summed E-state index contributed by atoms with van der Waals surface area (Å²) >= 11 is 12.1. The topological polar surface area (TPSA) is 94.4 Å². The van der Waals surface area contributed by atoms with Crippen molar-refractivity contribution in [1.29, 1.82) is 0 Å². The molecule has 0 radical (unpaired) electrons. The zero-order valence-corrected chi connectivity index (χ0v) is 24.0. The van der Waals surface area contributed by atoms with Crippen molar-refractivity contribution in [2.24, 2.45) is 9.50 Å². The molecule has 2 heterocycles. The van der Waals surface area contributed by atoms with Crippen LogP contribution < -0.4 is 5.32 Å². The van der Waals surface area contributed by atoms with Gasteiger partial charge in [-0.25, -0.2) is 5.01 Å². The third kappa shape index (κ3) is 6.66. The molecular weight excluding hydrogens is 569 g/mol. The van der Waals surface area contributed by atoms with Crippen LogP contribution in [0.1, 0.15) is 36.3 Å². The summed E-state index contributed by atoms with van der Waals surface area (Å²) in [5.74, 6) is 0.143. The normalized spacial score (nSPS) is 17.9. The van der Waals surface area contributed by atoms with Gasteiger partial charge in [-0.15, -0.1) is 4.40 Å². The number of hydrogen-bond donors (Lipinski definition) is 1. The lowest BCUT2D eigenvalue weighted by atomic mass is 9.91. The number of nitrogens with zero attached hydrogens (tertiary/aromatic N) is 4. The molecule has 1 N–H and O–H groups in total. The maximum atomic E-state index is 13.3. The maximum absolute atomic E-state index is 13.3. The van der Waals surface area contributed by atoms with E-state index < -0.39 is 10.0 Å². The van der Waals surface area contributed by atoms with Gasteiger partial charge in [0.2, 0.25) is 11.9 Å². The molecule has 2 aliphatic heterocycles. The number of halogens is 2. The zero-order chi connectivity index (χ0) is 28.1. The molecule has 5 rings (SSSR count). The molecule has 11 heteroatoms. The van der Waals surface area contributed by atoms with Gasteiger partial charge in [0.25, 0.3) is 10.0 Å². The Bertz CT molecular complexity index is 1510. The summed E-state index contributed by atoms with van der Waals surface area (Å²) in [6.45, 7) is 2.14. The van der Waals surface area contributed by atoms with E-state index in [0.29, 0.717) is 42.5 Å². The van der Waals surface area contributed by atoms with E-state index >= 15 is 0 Å². The number of carbonyl (C=O) groups excluding carboxylic acids is 1. The first-order valence-electron chi connectivity index (χ1n) is 13.1. The molecule has 2 aliphatic rings. The van der Waals surface area contributed by atoms with Crippen molar-refractivity contribution in [1.82, 2.24) is 15.2 Å². The average Bonchev–Trinajstić information content (AvgIpc) is 3.58. The Labute approximate surface area is 244 Å². The van der Waals surface area contributed by atoms with Crippen molar-refractivity contribution in [3.05, 3.63) is 100 Å². The third-order valence-electron chi connectivity index (χ3n) is 6.88. The highest BCUT2D eigenvalue weighted by Gasteiger charge is 2.32. The molecule has 40 heavy (non-hydrogen) atoms. The molecule has 1 amide bonds. The largest absolute Gasteiger partial charge is 0.354 e. The Morgan fingerprint density at radius 1 is 0.975 bits per heavy atom. The van der Waals surface area contributed by atoms with Gasteiger partial charge in [-0.1, -0.05) is 65.7 Å². The minimum absolute atomic E-state index is 0.0274. The first-order chi connectivity index (χ1) is 19.3. The van der Waals surface area contributed by atoms with Gasteiger partial charge >= 0.3 is 0 Å². The number of amides is 1. The maximum Gasteiger partial charge on any atom is 0.285 e. The van der Waals surface area contributed by atoms with Crippen LogP contribution in [0, 0.1) is 0 Å². The van der Waals surface area contributed by atoms with Crippen molar-refractivity contribution in [2.45, 2.75) is 30.1 Å². The quantitative estimate of drug-likeness (QED) is 0.220. The first kappa shape index (κ1) is 28.1. The number of hydrazone groups is 1. The van der Waals surface area contributed by atoms with Crippen molar-refractivity contribution >= 4 is 50.8 Å². The molecule has 0 aromatic heterocycles. The molecule has 8 nitrogen and oxygen atoms in total. The summed E-state index contributed by atoms with van der Waals surface area (Å²) in [7, 11) is -4.07. The second kappa shape index (κ2) is 12.4. The van der Waals surface area contributed by atoms with Crippen LogP contribution in [0.4, 0.5) is 0 Å². The van der Waals surface area contributed by atoms with Crippen LogP contribution in [0.3, 0.4) is 0 Å². The monoisotopic (exact) mass is 597 g/mol. The Hall–Kier alpha value is -3.40. The van der Waals surface area contributed by atoms with Gasteiger partial charge in [-0.2, -0.15) is 13.5 Å². The molecular formula is C29H29Cl2N5O3S. The van der Waals surface area contributed by atoms with E-state index in [1.807, 2.05) is 59.5 Å². The summed E-state index contributed by atoms with van der Waals surface area (Å²) in [6.07, 6.45) is 2.08. The Kier molecular flexibility index (Phi) is 8.73. The van der Waals surface area contributed by atoms with E-state index in [9.17, 15) is 13.2 Å². The first-order valence-corrected chi connectivity index (χ1v) is 15.3. The summed E-state index contributed by atoms with van der Waals surface area (Å²) in [6, 6.07) is 23.3. The molecule has 0 aliphatic carbocycles. The summed E-state index contributed by atoms with van der Waals surface area (Å²) in [5.41, 5.74) is 2.71. The Morgan fingerprint density at radius 2 is 1.65 bits per heavy atom. The van der Waals surface area contributed by atoms with Crippen molar-refractivity contribution in [3.63, 3.8) is 0 Å². The van der Waals surface area contributed by atoms with Crippen LogP contribution in [0.25, 0.3) is 0 Å². The number of sulfonamides is 1. The SMILES string of the molecule is O=C1CCCN1CCCN/C(=N\S(=O)(=O)c1ccc(Cl)cc1)N1CC(c2ccccc2)C(c2ccc(Cl)cc2)=N1. The highest BCUT2D eigenvalue weighted by molar-refractivity contribution is 7.90. The summed E-state index contributed by atoms with van der Waals surface area (Å²) in [5, 5.41) is 10.7. The highest BCUT2D eigenvalue weighted by atomic mass is 35.5. The molecule has 208 valence electrons. The van der Waals surface area contributed by atoms with Gasteiger partial charge in [-0.3, -0.25) is 4.79 Å². The lowest BCUT2D eigenvalue weighted by molar-refractivity contribution is -0.127. The van der Waals surface area contributed by atoms with Gasteiger partial charge < -0.3 is 10.2 Å².